The number of nitrogens with one attached hydrogen (secondary N) is 1. The molecular formula is C23H19BrN6OS. The van der Waals surface area contributed by atoms with E-state index in [-0.39, 0.29) is 11.7 Å². The SMILES string of the molecule is Cc1ccc(/C=N\NC(=O)CSc2nnc(-c3ccncc3)n2-c2ccc(Br)cc2)cc1. The van der Waals surface area contributed by atoms with Crippen molar-refractivity contribution in [2.75, 3.05) is 5.75 Å². The molecule has 0 unspecified atom stereocenters. The second-order valence-corrected chi connectivity index (χ2v) is 8.70. The molecule has 2 aromatic heterocycles. The Bertz CT molecular complexity index is 1220. The molecule has 160 valence electrons. The van der Waals surface area contributed by atoms with Crippen molar-refractivity contribution in [1.82, 2.24) is 25.2 Å². The summed E-state index contributed by atoms with van der Waals surface area (Å²) >= 11 is 4.76. The van der Waals surface area contributed by atoms with Crippen LogP contribution < -0.4 is 5.43 Å². The molecule has 0 saturated carbocycles. The highest BCUT2D eigenvalue weighted by molar-refractivity contribution is 9.10. The summed E-state index contributed by atoms with van der Waals surface area (Å²) in [5, 5.41) is 13.3. The molecule has 0 bridgehead atoms. The summed E-state index contributed by atoms with van der Waals surface area (Å²) in [6, 6.07) is 19.5. The van der Waals surface area contributed by atoms with Gasteiger partial charge in [0.25, 0.3) is 5.91 Å². The van der Waals surface area contributed by atoms with Crippen LogP contribution in [0.3, 0.4) is 0 Å². The van der Waals surface area contributed by atoms with E-state index in [4.69, 9.17) is 0 Å². The fourth-order valence-corrected chi connectivity index (χ4v) is 3.88. The average molecular weight is 507 g/mol. The van der Waals surface area contributed by atoms with Crippen molar-refractivity contribution in [1.29, 1.82) is 0 Å². The lowest BCUT2D eigenvalue weighted by molar-refractivity contribution is -0.118. The second-order valence-electron chi connectivity index (χ2n) is 6.85. The summed E-state index contributed by atoms with van der Waals surface area (Å²) in [6.07, 6.45) is 5.04. The van der Waals surface area contributed by atoms with Crippen molar-refractivity contribution in [3.05, 3.63) is 88.7 Å². The number of pyridine rings is 1. The lowest BCUT2D eigenvalue weighted by Gasteiger charge is -2.10. The minimum Gasteiger partial charge on any atom is -0.272 e. The Hall–Kier alpha value is -3.30. The number of carbonyl (C=O) groups is 1. The highest BCUT2D eigenvalue weighted by Gasteiger charge is 2.17. The molecule has 2 heterocycles. The van der Waals surface area contributed by atoms with Crippen molar-refractivity contribution >= 4 is 39.8 Å². The number of halogens is 1. The van der Waals surface area contributed by atoms with E-state index in [1.807, 2.05) is 72.2 Å². The second kappa shape index (κ2) is 10.3. The molecular weight excluding hydrogens is 488 g/mol. The minimum atomic E-state index is -0.228. The quantitative estimate of drug-likeness (QED) is 0.224. The van der Waals surface area contributed by atoms with E-state index < -0.39 is 0 Å². The average Bonchev–Trinajstić information content (AvgIpc) is 3.24. The predicted octanol–water partition coefficient (Wildman–Crippen LogP) is 4.64. The Morgan fingerprint density at radius 3 is 2.50 bits per heavy atom. The molecule has 9 heteroatoms. The van der Waals surface area contributed by atoms with Crippen molar-refractivity contribution in [2.45, 2.75) is 12.1 Å². The monoisotopic (exact) mass is 506 g/mol. The summed E-state index contributed by atoms with van der Waals surface area (Å²) in [4.78, 5) is 16.4. The van der Waals surface area contributed by atoms with Crippen molar-refractivity contribution in [3.63, 3.8) is 0 Å². The summed E-state index contributed by atoms with van der Waals surface area (Å²) < 4.78 is 2.90. The van der Waals surface area contributed by atoms with Crippen LogP contribution in [0.1, 0.15) is 11.1 Å². The van der Waals surface area contributed by atoms with Gasteiger partial charge in [-0.2, -0.15) is 5.10 Å². The van der Waals surface area contributed by atoms with Gasteiger partial charge >= 0.3 is 0 Å². The van der Waals surface area contributed by atoms with Crippen molar-refractivity contribution in [3.8, 4) is 17.1 Å². The molecule has 0 aliphatic rings. The standard InChI is InChI=1S/C23H19BrN6OS/c1-16-2-4-17(5-3-16)14-26-27-21(31)15-32-23-29-28-22(18-10-12-25-13-11-18)30(23)20-8-6-19(24)7-9-20/h2-14H,15H2,1H3,(H,27,31)/b26-14-. The van der Waals surface area contributed by atoms with Gasteiger partial charge in [-0.05, 0) is 48.9 Å². The van der Waals surface area contributed by atoms with Crippen LogP contribution in [-0.4, -0.2) is 37.6 Å². The molecule has 0 fully saturated rings. The number of carbonyl (C=O) groups excluding carboxylic acids is 1. The first-order valence-corrected chi connectivity index (χ1v) is 11.5. The van der Waals surface area contributed by atoms with Gasteiger partial charge < -0.3 is 0 Å². The Morgan fingerprint density at radius 2 is 1.78 bits per heavy atom. The van der Waals surface area contributed by atoms with E-state index in [1.54, 1.807) is 18.6 Å². The number of thioether (sulfide) groups is 1. The lowest BCUT2D eigenvalue weighted by Crippen LogP contribution is -2.20. The number of amides is 1. The van der Waals surface area contributed by atoms with Gasteiger partial charge in [-0.25, -0.2) is 5.43 Å². The molecule has 4 aromatic rings. The van der Waals surface area contributed by atoms with E-state index in [0.29, 0.717) is 11.0 Å². The first-order chi connectivity index (χ1) is 15.6. The Labute approximate surface area is 198 Å². The molecule has 1 amide bonds. The van der Waals surface area contributed by atoms with Crippen LogP contribution in [-0.2, 0) is 4.79 Å². The zero-order valence-corrected chi connectivity index (χ0v) is 19.5. The minimum absolute atomic E-state index is 0.149. The molecule has 0 aliphatic heterocycles. The maximum atomic E-state index is 12.3. The molecule has 4 rings (SSSR count). The summed E-state index contributed by atoms with van der Waals surface area (Å²) in [5.41, 5.74) is 6.42. The van der Waals surface area contributed by atoms with E-state index in [0.717, 1.165) is 21.3 Å². The smallest absolute Gasteiger partial charge is 0.250 e. The van der Waals surface area contributed by atoms with E-state index in [9.17, 15) is 4.79 Å². The normalized spacial score (nSPS) is 11.1. The molecule has 7 nitrogen and oxygen atoms in total. The first kappa shape index (κ1) is 21.9. The maximum absolute atomic E-state index is 12.3. The van der Waals surface area contributed by atoms with Gasteiger partial charge in [0, 0.05) is 28.1 Å². The van der Waals surface area contributed by atoms with Gasteiger partial charge in [-0.15, -0.1) is 10.2 Å². The molecule has 32 heavy (non-hydrogen) atoms. The number of rotatable bonds is 7. The topological polar surface area (TPSA) is 85.1 Å². The van der Waals surface area contributed by atoms with Crippen LogP contribution >= 0.6 is 27.7 Å². The third kappa shape index (κ3) is 5.49. The molecule has 0 aliphatic carbocycles. The van der Waals surface area contributed by atoms with Crippen LogP contribution in [0.25, 0.3) is 17.1 Å². The fourth-order valence-electron chi connectivity index (χ4n) is 2.87. The number of benzene rings is 2. The number of aryl methyl sites for hydroxylation is 1. The van der Waals surface area contributed by atoms with E-state index in [1.165, 1.54) is 17.3 Å². The van der Waals surface area contributed by atoms with Crippen LogP contribution in [0.2, 0.25) is 0 Å². The third-order valence-electron chi connectivity index (χ3n) is 4.47. The Kier molecular flexibility index (Phi) is 7.08. The van der Waals surface area contributed by atoms with Crippen molar-refractivity contribution in [2.24, 2.45) is 5.10 Å². The molecule has 2 aromatic carbocycles. The number of hydrazone groups is 1. The van der Waals surface area contributed by atoms with Gasteiger partial charge in [0.1, 0.15) is 0 Å². The third-order valence-corrected chi connectivity index (χ3v) is 5.93. The van der Waals surface area contributed by atoms with Crippen LogP contribution in [0.4, 0.5) is 0 Å². The number of nitrogens with zero attached hydrogens (tertiary/aromatic N) is 5. The van der Waals surface area contributed by atoms with E-state index in [2.05, 4.69) is 41.6 Å². The predicted molar refractivity (Wildman–Crippen MR) is 130 cm³/mol. The summed E-state index contributed by atoms with van der Waals surface area (Å²) in [7, 11) is 0. The largest absolute Gasteiger partial charge is 0.272 e. The molecule has 0 radical (unpaired) electrons. The summed E-state index contributed by atoms with van der Waals surface area (Å²) in [5.74, 6) is 0.597. The van der Waals surface area contributed by atoms with Crippen molar-refractivity contribution < 1.29 is 4.79 Å². The van der Waals surface area contributed by atoms with Crippen LogP contribution in [0.15, 0.2) is 87.8 Å². The van der Waals surface area contributed by atoms with E-state index >= 15 is 0 Å². The van der Waals surface area contributed by atoms with Gasteiger partial charge in [-0.1, -0.05) is 57.5 Å². The molecule has 0 spiro atoms. The van der Waals surface area contributed by atoms with Gasteiger partial charge in [-0.3, -0.25) is 14.3 Å². The zero-order chi connectivity index (χ0) is 22.3. The number of hydrogen-bond acceptors (Lipinski definition) is 6. The number of hydrogen-bond donors (Lipinski definition) is 1. The van der Waals surface area contributed by atoms with Crippen LogP contribution in [0.5, 0.6) is 0 Å². The first-order valence-electron chi connectivity index (χ1n) is 9.73. The van der Waals surface area contributed by atoms with Gasteiger partial charge in [0.15, 0.2) is 11.0 Å². The lowest BCUT2D eigenvalue weighted by atomic mass is 10.2. The molecule has 0 saturated heterocycles. The molecule has 0 atom stereocenters. The fraction of sp³-hybridized carbons (Fsp3) is 0.0870. The van der Waals surface area contributed by atoms with Gasteiger partial charge in [0.2, 0.25) is 0 Å². The highest BCUT2D eigenvalue weighted by Crippen LogP contribution is 2.28. The molecule has 1 N–H and O–H groups in total. The summed E-state index contributed by atoms with van der Waals surface area (Å²) in [6.45, 7) is 2.02. The zero-order valence-electron chi connectivity index (χ0n) is 17.1. The Balaban J connectivity index is 1.49. The number of aromatic nitrogens is 4. The van der Waals surface area contributed by atoms with Crippen LogP contribution in [0, 0.1) is 6.92 Å². The van der Waals surface area contributed by atoms with Gasteiger partial charge in [0.05, 0.1) is 12.0 Å². The Morgan fingerprint density at radius 1 is 1.06 bits per heavy atom. The maximum Gasteiger partial charge on any atom is 0.250 e. The highest BCUT2D eigenvalue weighted by atomic mass is 79.9.